The molecule has 0 fully saturated rings. The summed E-state index contributed by atoms with van der Waals surface area (Å²) in [5, 5.41) is 15.8. The molecule has 0 aliphatic carbocycles. The van der Waals surface area contributed by atoms with Gasteiger partial charge in [-0.1, -0.05) is 18.2 Å². The van der Waals surface area contributed by atoms with Crippen molar-refractivity contribution in [2.24, 2.45) is 0 Å². The van der Waals surface area contributed by atoms with Crippen LogP contribution in [0.2, 0.25) is 0 Å². The van der Waals surface area contributed by atoms with Crippen LogP contribution in [0.4, 0.5) is 11.5 Å². The molecule has 0 aliphatic rings. The Balaban J connectivity index is 1.86. The molecule has 0 atom stereocenters. The van der Waals surface area contributed by atoms with Crippen LogP contribution in [0.1, 0.15) is 19.4 Å². The van der Waals surface area contributed by atoms with Gasteiger partial charge in [-0.2, -0.15) is 5.10 Å². The van der Waals surface area contributed by atoms with E-state index in [2.05, 4.69) is 9.97 Å². The summed E-state index contributed by atoms with van der Waals surface area (Å²) >= 11 is 0. The van der Waals surface area contributed by atoms with Crippen molar-refractivity contribution < 1.29 is 19.4 Å². The number of amides is 1. The van der Waals surface area contributed by atoms with Crippen LogP contribution in [0.3, 0.4) is 0 Å². The van der Waals surface area contributed by atoms with E-state index >= 15 is 0 Å². The summed E-state index contributed by atoms with van der Waals surface area (Å²) in [6.07, 6.45) is 4.71. The molecule has 3 N–H and O–H groups in total. The number of nitrogens with two attached hydrogens (primary N) is 1. The lowest BCUT2D eigenvalue weighted by Crippen LogP contribution is -2.29. The molecule has 0 bridgehead atoms. The number of anilines is 2. The van der Waals surface area contributed by atoms with Crippen molar-refractivity contribution >= 4 is 28.4 Å². The van der Waals surface area contributed by atoms with Crippen LogP contribution in [0.25, 0.3) is 28.0 Å². The summed E-state index contributed by atoms with van der Waals surface area (Å²) in [6, 6.07) is 11.2. The third-order valence-electron chi connectivity index (χ3n) is 6.37. The number of rotatable bonds is 10. The number of likely N-dealkylation sites (N-methyl/N-ethyl adjacent to an activating group) is 2. The predicted molar refractivity (Wildman–Crippen MR) is 161 cm³/mol. The monoisotopic (exact) mass is 559 g/mol. The highest BCUT2D eigenvalue weighted by Gasteiger charge is 2.22. The maximum Gasteiger partial charge on any atom is 0.250 e. The molecule has 0 unspecified atom stereocenters. The minimum absolute atomic E-state index is 0.0334. The minimum Gasteiger partial charge on any atom is -0.496 e. The van der Waals surface area contributed by atoms with Crippen molar-refractivity contribution in [1.82, 2.24) is 24.6 Å². The highest BCUT2D eigenvalue weighted by molar-refractivity contribution is 6.02. The van der Waals surface area contributed by atoms with Crippen molar-refractivity contribution in [3.05, 3.63) is 60.4 Å². The number of aliphatic hydroxyl groups is 1. The highest BCUT2D eigenvalue weighted by atomic mass is 16.5. The van der Waals surface area contributed by atoms with Gasteiger partial charge in [-0.3, -0.25) is 4.79 Å². The molecular weight excluding hydrogens is 522 g/mol. The summed E-state index contributed by atoms with van der Waals surface area (Å²) in [4.78, 5) is 25.3. The van der Waals surface area contributed by atoms with Gasteiger partial charge < -0.3 is 30.1 Å². The van der Waals surface area contributed by atoms with E-state index in [9.17, 15) is 9.90 Å². The fraction of sp³-hybridized carbons (Fsp3) is 0.333. The average Bonchev–Trinajstić information content (AvgIpc) is 3.32. The van der Waals surface area contributed by atoms with Crippen LogP contribution in [0.15, 0.2) is 54.9 Å². The van der Waals surface area contributed by atoms with Crippen LogP contribution in [0, 0.1) is 6.92 Å². The van der Waals surface area contributed by atoms with Gasteiger partial charge in [-0.25, -0.2) is 14.6 Å². The zero-order valence-electron chi connectivity index (χ0n) is 24.5. The van der Waals surface area contributed by atoms with E-state index in [0.29, 0.717) is 46.2 Å². The van der Waals surface area contributed by atoms with E-state index in [0.717, 1.165) is 16.9 Å². The Labute approximate surface area is 239 Å². The first-order chi connectivity index (χ1) is 19.4. The number of carbonyl (C=O) groups is 1. The minimum atomic E-state index is -1.07. The van der Waals surface area contributed by atoms with E-state index in [-0.39, 0.29) is 12.5 Å². The first kappa shape index (κ1) is 29.5. The average molecular weight is 560 g/mol. The Morgan fingerprint density at radius 3 is 2.56 bits per heavy atom. The molecule has 0 saturated carbocycles. The standard InChI is InChI=1S/C30H37N7O4/c1-19-10-11-20(15-24(19)40-7)27-26-28(31)32-18-33-29(26)37(34-27)21-12-13-23(41-17-30(2,3)39)22(16-21)36(6)25(38)9-8-14-35(4)5/h8-13,15-16,18,39H,14,17H2,1-7H3,(H2,31,32,33)/b9-8+. The molecule has 1 amide bonds. The highest BCUT2D eigenvalue weighted by Crippen LogP contribution is 2.36. The molecule has 4 aromatic rings. The summed E-state index contributed by atoms with van der Waals surface area (Å²) < 4.78 is 13.2. The fourth-order valence-corrected chi connectivity index (χ4v) is 4.19. The van der Waals surface area contributed by atoms with Crippen molar-refractivity contribution in [2.75, 3.05) is 52.0 Å². The van der Waals surface area contributed by atoms with Crippen molar-refractivity contribution in [2.45, 2.75) is 26.4 Å². The van der Waals surface area contributed by atoms with Crippen molar-refractivity contribution in [3.63, 3.8) is 0 Å². The number of benzene rings is 2. The maximum absolute atomic E-state index is 13.1. The first-order valence-electron chi connectivity index (χ1n) is 13.1. The molecular formula is C30H37N7O4. The topological polar surface area (TPSA) is 132 Å². The van der Waals surface area contributed by atoms with Gasteiger partial charge in [0.25, 0.3) is 5.91 Å². The smallest absolute Gasteiger partial charge is 0.250 e. The molecule has 4 rings (SSSR count). The zero-order chi connectivity index (χ0) is 29.9. The molecule has 11 nitrogen and oxygen atoms in total. The van der Waals surface area contributed by atoms with E-state index in [1.54, 1.807) is 50.9 Å². The predicted octanol–water partition coefficient (Wildman–Crippen LogP) is 3.61. The normalized spacial score (nSPS) is 11.9. The van der Waals surface area contributed by atoms with E-state index in [4.69, 9.17) is 20.3 Å². The maximum atomic E-state index is 13.1. The van der Waals surface area contributed by atoms with E-state index < -0.39 is 5.60 Å². The Kier molecular flexibility index (Phi) is 8.60. The van der Waals surface area contributed by atoms with Gasteiger partial charge in [-0.05, 0) is 64.7 Å². The van der Waals surface area contributed by atoms with Gasteiger partial charge in [0.15, 0.2) is 5.65 Å². The number of fused-ring (bicyclic) bond motifs is 1. The second-order valence-corrected chi connectivity index (χ2v) is 10.7. The summed E-state index contributed by atoms with van der Waals surface area (Å²) in [5.74, 6) is 1.21. The van der Waals surface area contributed by atoms with Gasteiger partial charge in [0, 0.05) is 25.2 Å². The number of nitrogen functional groups attached to an aromatic ring is 1. The Morgan fingerprint density at radius 1 is 1.12 bits per heavy atom. The molecule has 0 radical (unpaired) electrons. The van der Waals surface area contributed by atoms with Gasteiger partial charge in [0.05, 0.1) is 29.5 Å². The molecule has 0 saturated heterocycles. The fourth-order valence-electron chi connectivity index (χ4n) is 4.19. The van der Waals surface area contributed by atoms with Gasteiger partial charge in [0.1, 0.15) is 35.9 Å². The van der Waals surface area contributed by atoms with E-state index in [1.807, 2.05) is 50.2 Å². The van der Waals surface area contributed by atoms with Crippen molar-refractivity contribution in [3.8, 4) is 28.4 Å². The zero-order valence-corrected chi connectivity index (χ0v) is 24.5. The Bertz CT molecular complexity index is 1590. The molecule has 216 valence electrons. The molecule has 0 aliphatic heterocycles. The van der Waals surface area contributed by atoms with Crippen LogP contribution >= 0.6 is 0 Å². The number of nitrogens with zero attached hydrogens (tertiary/aromatic N) is 6. The van der Waals surface area contributed by atoms with Crippen LogP contribution < -0.4 is 20.1 Å². The molecule has 11 heteroatoms. The molecule has 2 aromatic carbocycles. The van der Waals surface area contributed by atoms with Crippen LogP contribution in [-0.4, -0.2) is 82.7 Å². The first-order valence-corrected chi connectivity index (χ1v) is 13.1. The lowest BCUT2D eigenvalue weighted by atomic mass is 10.1. The van der Waals surface area contributed by atoms with Gasteiger partial charge in [0.2, 0.25) is 0 Å². The summed E-state index contributed by atoms with van der Waals surface area (Å²) in [7, 11) is 7.15. The summed E-state index contributed by atoms with van der Waals surface area (Å²) in [5.41, 5.74) is 9.26. The Hall–Kier alpha value is -4.48. The number of aryl methyl sites for hydroxylation is 1. The largest absolute Gasteiger partial charge is 0.496 e. The van der Waals surface area contributed by atoms with Gasteiger partial charge >= 0.3 is 0 Å². The van der Waals surface area contributed by atoms with E-state index in [1.165, 1.54) is 17.3 Å². The Morgan fingerprint density at radius 2 is 1.88 bits per heavy atom. The molecule has 0 spiro atoms. The molecule has 2 aromatic heterocycles. The van der Waals surface area contributed by atoms with Crippen molar-refractivity contribution in [1.29, 1.82) is 0 Å². The number of hydrogen-bond donors (Lipinski definition) is 2. The number of carbonyl (C=O) groups excluding carboxylic acids is 1. The number of ether oxygens (including phenoxy) is 2. The van der Waals surface area contributed by atoms with Crippen LogP contribution in [-0.2, 0) is 4.79 Å². The third kappa shape index (κ3) is 6.64. The quantitative estimate of drug-likeness (QED) is 0.280. The molecule has 41 heavy (non-hydrogen) atoms. The summed E-state index contributed by atoms with van der Waals surface area (Å²) in [6.45, 7) is 5.93. The number of aromatic nitrogens is 4. The second kappa shape index (κ2) is 11.9. The van der Waals surface area contributed by atoms with Gasteiger partial charge in [-0.15, -0.1) is 0 Å². The third-order valence-corrected chi connectivity index (χ3v) is 6.37. The number of methoxy groups -OCH3 is 1. The molecule has 2 heterocycles. The SMILES string of the molecule is COc1cc(-c2nn(-c3ccc(OCC(C)(C)O)c(N(C)C(=O)/C=C/CN(C)C)c3)c3ncnc(N)c23)ccc1C. The lowest BCUT2D eigenvalue weighted by Gasteiger charge is -2.23. The second-order valence-electron chi connectivity index (χ2n) is 10.7. The van der Waals surface area contributed by atoms with Crippen LogP contribution in [0.5, 0.6) is 11.5 Å². The number of hydrogen-bond acceptors (Lipinski definition) is 9. The lowest BCUT2D eigenvalue weighted by molar-refractivity contribution is -0.113.